The summed E-state index contributed by atoms with van der Waals surface area (Å²) in [5.74, 6) is 0.298. The molecule has 6 heteroatoms. The Bertz CT molecular complexity index is 1060. The zero-order chi connectivity index (χ0) is 20.9. The highest BCUT2D eigenvalue weighted by molar-refractivity contribution is 7.99. The number of aromatic amines is 1. The van der Waals surface area contributed by atoms with Crippen LogP contribution in [-0.2, 0) is 4.79 Å². The summed E-state index contributed by atoms with van der Waals surface area (Å²) in [6.45, 7) is 10.4. The lowest BCUT2D eigenvalue weighted by Gasteiger charge is -2.38. The number of carbonyl (C=O) groups excluding carboxylic acids is 1. The molecule has 1 atom stereocenters. The first-order valence-corrected chi connectivity index (χ1v) is 10.9. The van der Waals surface area contributed by atoms with Gasteiger partial charge < -0.3 is 10.3 Å². The number of aryl methyl sites for hydroxylation is 1. The largest absolute Gasteiger partial charge is 0.343 e. The number of rotatable bonds is 3. The summed E-state index contributed by atoms with van der Waals surface area (Å²) in [5.41, 5.74) is 3.96. The number of benzene rings is 1. The van der Waals surface area contributed by atoms with E-state index in [4.69, 9.17) is 4.98 Å². The molecule has 4 rings (SSSR count). The molecule has 1 aromatic heterocycles. The van der Waals surface area contributed by atoms with Gasteiger partial charge in [0.05, 0.1) is 5.56 Å². The number of ketones is 1. The number of nitrogens with one attached hydrogen (secondary N) is 2. The lowest BCUT2D eigenvalue weighted by Crippen LogP contribution is -2.37. The van der Waals surface area contributed by atoms with E-state index >= 15 is 0 Å². The third-order valence-electron chi connectivity index (χ3n) is 5.46. The number of anilines is 1. The van der Waals surface area contributed by atoms with Crippen LogP contribution in [0.15, 0.2) is 45.5 Å². The van der Waals surface area contributed by atoms with Crippen molar-refractivity contribution in [3.63, 3.8) is 0 Å². The Kier molecular flexibility index (Phi) is 4.93. The van der Waals surface area contributed by atoms with Crippen molar-refractivity contribution < 1.29 is 4.79 Å². The van der Waals surface area contributed by atoms with Gasteiger partial charge in [0.2, 0.25) is 0 Å². The predicted molar refractivity (Wildman–Crippen MR) is 118 cm³/mol. The monoisotopic (exact) mass is 409 g/mol. The molecule has 2 aliphatic rings. The number of thioether (sulfide) groups is 1. The summed E-state index contributed by atoms with van der Waals surface area (Å²) in [6, 6.07) is 8.09. The van der Waals surface area contributed by atoms with E-state index in [1.807, 2.05) is 31.2 Å². The number of hydrogen-bond donors (Lipinski definition) is 2. The molecular weight excluding hydrogens is 382 g/mol. The Morgan fingerprint density at radius 1 is 1.14 bits per heavy atom. The number of allylic oxidation sites excluding steroid dienone is 2. The smallest absolute Gasteiger partial charge is 0.257 e. The van der Waals surface area contributed by atoms with Crippen molar-refractivity contribution in [2.75, 3.05) is 5.32 Å². The molecule has 2 heterocycles. The Morgan fingerprint density at radius 2 is 1.83 bits per heavy atom. The summed E-state index contributed by atoms with van der Waals surface area (Å²) in [6.07, 6.45) is 1.24. The van der Waals surface area contributed by atoms with Crippen LogP contribution in [0.1, 0.15) is 63.1 Å². The molecule has 0 bridgehead atoms. The standard InChI is InChI=1S/C23H27N3O2S/c1-12(2)29-22-25-20-19(21(28)26-22)17(14-8-6-13(3)7-9-14)18-15(24-20)10-23(4,5)11-16(18)27/h6-9,12,17H,10-11H2,1-5H3,(H2,24,25,26,28). The average molecular weight is 410 g/mol. The van der Waals surface area contributed by atoms with Crippen molar-refractivity contribution in [1.29, 1.82) is 0 Å². The van der Waals surface area contributed by atoms with Gasteiger partial charge in [-0.1, -0.05) is 69.3 Å². The maximum Gasteiger partial charge on any atom is 0.257 e. The van der Waals surface area contributed by atoms with Crippen molar-refractivity contribution >= 4 is 23.4 Å². The second kappa shape index (κ2) is 7.17. The molecule has 1 aliphatic heterocycles. The van der Waals surface area contributed by atoms with Gasteiger partial charge in [0.15, 0.2) is 10.9 Å². The van der Waals surface area contributed by atoms with Crippen LogP contribution in [0.5, 0.6) is 0 Å². The van der Waals surface area contributed by atoms with Gasteiger partial charge in [-0.2, -0.15) is 0 Å². The van der Waals surface area contributed by atoms with E-state index in [1.54, 1.807) is 0 Å². The molecule has 0 radical (unpaired) electrons. The molecule has 152 valence electrons. The van der Waals surface area contributed by atoms with Crippen LogP contribution in [-0.4, -0.2) is 21.0 Å². The van der Waals surface area contributed by atoms with Gasteiger partial charge in [-0.15, -0.1) is 0 Å². The Hall–Kier alpha value is -2.34. The molecule has 2 aromatic rings. The van der Waals surface area contributed by atoms with Crippen LogP contribution < -0.4 is 10.9 Å². The van der Waals surface area contributed by atoms with Crippen molar-refractivity contribution in [3.8, 4) is 0 Å². The van der Waals surface area contributed by atoms with Gasteiger partial charge in [0, 0.05) is 28.9 Å². The number of Topliss-reactive ketones (excluding diaryl/α,β-unsaturated/α-hetero) is 1. The van der Waals surface area contributed by atoms with E-state index < -0.39 is 0 Å². The third-order valence-corrected chi connectivity index (χ3v) is 6.35. The fourth-order valence-electron chi connectivity index (χ4n) is 4.26. The molecule has 0 fully saturated rings. The molecule has 29 heavy (non-hydrogen) atoms. The van der Waals surface area contributed by atoms with Crippen LogP contribution in [0.2, 0.25) is 0 Å². The molecule has 1 unspecified atom stereocenters. The minimum absolute atomic E-state index is 0.111. The lowest BCUT2D eigenvalue weighted by atomic mass is 9.69. The van der Waals surface area contributed by atoms with Crippen molar-refractivity contribution in [3.05, 3.63) is 62.6 Å². The number of H-pyrrole nitrogens is 1. The molecule has 0 saturated carbocycles. The summed E-state index contributed by atoms with van der Waals surface area (Å²) in [4.78, 5) is 34.0. The second-order valence-corrected chi connectivity index (χ2v) is 10.7. The number of aromatic nitrogens is 2. The van der Waals surface area contributed by atoms with Crippen molar-refractivity contribution in [2.24, 2.45) is 5.41 Å². The lowest BCUT2D eigenvalue weighted by molar-refractivity contribution is -0.118. The topological polar surface area (TPSA) is 74.8 Å². The molecule has 5 nitrogen and oxygen atoms in total. The quantitative estimate of drug-likeness (QED) is 0.564. The average Bonchev–Trinajstić information content (AvgIpc) is 2.59. The number of fused-ring (bicyclic) bond motifs is 1. The highest BCUT2D eigenvalue weighted by Crippen LogP contribution is 2.47. The Balaban J connectivity index is 1.93. The zero-order valence-corrected chi connectivity index (χ0v) is 18.4. The normalized spacial score (nSPS) is 20.3. The summed E-state index contributed by atoms with van der Waals surface area (Å²) < 4.78 is 0. The van der Waals surface area contributed by atoms with E-state index in [1.165, 1.54) is 11.8 Å². The first-order valence-electron chi connectivity index (χ1n) is 10.1. The van der Waals surface area contributed by atoms with Gasteiger partial charge in [0.25, 0.3) is 5.56 Å². The molecule has 2 N–H and O–H groups in total. The highest BCUT2D eigenvalue weighted by Gasteiger charge is 2.42. The molecular formula is C23H27N3O2S. The van der Waals surface area contributed by atoms with Crippen molar-refractivity contribution in [2.45, 2.75) is 63.8 Å². The molecule has 1 aromatic carbocycles. The molecule has 0 amide bonds. The van der Waals surface area contributed by atoms with E-state index in [2.05, 4.69) is 38.0 Å². The maximum absolute atomic E-state index is 13.2. The van der Waals surface area contributed by atoms with Crippen molar-refractivity contribution in [1.82, 2.24) is 9.97 Å². The van der Waals surface area contributed by atoms with E-state index in [0.717, 1.165) is 28.8 Å². The SMILES string of the molecule is Cc1ccc(C2C3=C(CC(C)(C)CC3=O)Nc3nc(SC(C)C)[nH]c(=O)c32)cc1. The highest BCUT2D eigenvalue weighted by atomic mass is 32.2. The Labute approximate surface area is 175 Å². The van der Waals surface area contributed by atoms with Gasteiger partial charge in [-0.3, -0.25) is 9.59 Å². The fraction of sp³-hybridized carbons (Fsp3) is 0.435. The molecule has 1 aliphatic carbocycles. The van der Waals surface area contributed by atoms with E-state index in [9.17, 15) is 9.59 Å². The zero-order valence-electron chi connectivity index (χ0n) is 17.6. The number of nitrogens with zero attached hydrogens (tertiary/aromatic N) is 1. The van der Waals surface area contributed by atoms with Gasteiger partial charge in [-0.05, 0) is 24.3 Å². The van der Waals surface area contributed by atoms with Gasteiger partial charge in [-0.25, -0.2) is 4.98 Å². The minimum Gasteiger partial charge on any atom is -0.343 e. The first-order chi connectivity index (χ1) is 13.6. The van der Waals surface area contributed by atoms with Crippen LogP contribution >= 0.6 is 11.8 Å². The minimum atomic E-state index is -0.389. The van der Waals surface area contributed by atoms with Crippen LogP contribution in [0.4, 0.5) is 5.82 Å². The van der Waals surface area contributed by atoms with Gasteiger partial charge >= 0.3 is 0 Å². The second-order valence-electron chi connectivity index (χ2n) is 9.10. The van der Waals surface area contributed by atoms with Crippen LogP contribution in [0.25, 0.3) is 0 Å². The summed E-state index contributed by atoms with van der Waals surface area (Å²) in [5, 5.41) is 4.27. The summed E-state index contributed by atoms with van der Waals surface area (Å²) in [7, 11) is 0. The van der Waals surface area contributed by atoms with E-state index in [0.29, 0.717) is 28.2 Å². The Morgan fingerprint density at radius 3 is 2.48 bits per heavy atom. The number of carbonyl (C=O) groups is 1. The fourth-order valence-corrected chi connectivity index (χ4v) is 5.01. The molecule has 0 saturated heterocycles. The predicted octanol–water partition coefficient (Wildman–Crippen LogP) is 4.78. The third kappa shape index (κ3) is 3.78. The summed E-state index contributed by atoms with van der Waals surface area (Å²) >= 11 is 1.52. The number of hydrogen-bond acceptors (Lipinski definition) is 5. The molecule has 0 spiro atoms. The van der Waals surface area contributed by atoms with Crippen LogP contribution in [0, 0.1) is 12.3 Å². The maximum atomic E-state index is 13.2. The van der Waals surface area contributed by atoms with Crippen LogP contribution in [0.3, 0.4) is 0 Å². The first kappa shape index (κ1) is 20.0. The van der Waals surface area contributed by atoms with Gasteiger partial charge in [0.1, 0.15) is 5.82 Å². The van der Waals surface area contributed by atoms with E-state index in [-0.39, 0.29) is 22.7 Å².